The monoisotopic (exact) mass is 348 g/mol. The van der Waals surface area contributed by atoms with Gasteiger partial charge in [-0.2, -0.15) is 0 Å². The van der Waals surface area contributed by atoms with E-state index in [1.165, 1.54) is 7.11 Å². The molecule has 0 aromatic carbocycles. The molecule has 0 aromatic rings. The van der Waals surface area contributed by atoms with Crippen LogP contribution in [0.15, 0.2) is 0 Å². The summed E-state index contributed by atoms with van der Waals surface area (Å²) in [5.74, 6) is 0.811. The van der Waals surface area contributed by atoms with E-state index in [0.29, 0.717) is 25.6 Å². The molecule has 0 unspecified atom stereocenters. The molecule has 2 saturated heterocycles. The molecular formula is C15H28N2O5S. The maximum Gasteiger partial charge on any atom is 0.248 e. The second-order valence-corrected chi connectivity index (χ2v) is 8.82. The summed E-state index contributed by atoms with van der Waals surface area (Å²) in [5, 5.41) is 9.80. The summed E-state index contributed by atoms with van der Waals surface area (Å²) in [7, 11) is -1.40. The lowest BCUT2D eigenvalue weighted by Gasteiger charge is -2.33. The van der Waals surface area contributed by atoms with Crippen LogP contribution in [0.1, 0.15) is 13.3 Å². The third-order valence-corrected chi connectivity index (χ3v) is 6.75. The lowest BCUT2D eigenvalue weighted by atomic mass is 9.88. The van der Waals surface area contributed by atoms with Gasteiger partial charge in [-0.15, -0.1) is 0 Å². The first-order chi connectivity index (χ1) is 10.9. The van der Waals surface area contributed by atoms with E-state index in [0.717, 1.165) is 13.0 Å². The molecule has 2 heterocycles. The van der Waals surface area contributed by atoms with Crippen LogP contribution < -0.4 is 0 Å². The van der Waals surface area contributed by atoms with Crippen molar-refractivity contribution in [3.63, 3.8) is 0 Å². The van der Waals surface area contributed by atoms with Gasteiger partial charge in [0, 0.05) is 33.3 Å². The predicted octanol–water partition coefficient (Wildman–Crippen LogP) is -0.791. The van der Waals surface area contributed by atoms with Gasteiger partial charge < -0.3 is 19.6 Å². The lowest BCUT2D eigenvalue weighted by Crippen LogP contribution is -2.47. The van der Waals surface area contributed by atoms with Gasteiger partial charge in [0.25, 0.3) is 0 Å². The highest BCUT2D eigenvalue weighted by Gasteiger charge is 2.43. The van der Waals surface area contributed by atoms with E-state index in [1.807, 2.05) is 0 Å². The van der Waals surface area contributed by atoms with Gasteiger partial charge >= 0.3 is 0 Å². The first-order valence-corrected chi connectivity index (χ1v) is 10.1. The van der Waals surface area contributed by atoms with E-state index < -0.39 is 9.84 Å². The van der Waals surface area contributed by atoms with E-state index in [2.05, 4.69) is 11.8 Å². The Morgan fingerprint density at radius 3 is 2.48 bits per heavy atom. The number of amides is 1. The minimum absolute atomic E-state index is 0.0294. The van der Waals surface area contributed by atoms with Gasteiger partial charge in [0.15, 0.2) is 9.84 Å². The molecule has 8 heteroatoms. The number of sulfone groups is 1. The Balaban J connectivity index is 2.04. The first kappa shape index (κ1) is 18.6. The van der Waals surface area contributed by atoms with E-state index in [-0.39, 0.29) is 42.6 Å². The molecule has 2 rings (SSSR count). The molecule has 7 nitrogen and oxygen atoms in total. The van der Waals surface area contributed by atoms with Crippen LogP contribution in [0.3, 0.4) is 0 Å². The standard InChI is InChI=1S/C15H28N2O5S/c1-3-12-8-17(15(19)11-22-2)14(10-18)13(12)9-16-4-6-23(20,21)7-5-16/h12-14,18H,3-11H2,1-2H3/t12-,13-,14-/m1/s1. The molecule has 134 valence electrons. The molecule has 23 heavy (non-hydrogen) atoms. The molecule has 2 aliphatic heterocycles. The number of carbonyl (C=O) groups excluding carboxylic acids is 1. The number of carbonyl (C=O) groups is 1. The van der Waals surface area contributed by atoms with Gasteiger partial charge in [0.1, 0.15) is 6.61 Å². The zero-order valence-electron chi connectivity index (χ0n) is 14.0. The summed E-state index contributed by atoms with van der Waals surface area (Å²) in [6, 6.07) is -0.207. The third-order valence-electron chi connectivity index (χ3n) is 5.14. The molecule has 0 aromatic heterocycles. The zero-order valence-corrected chi connectivity index (χ0v) is 14.8. The molecule has 3 atom stereocenters. The molecule has 2 fully saturated rings. The van der Waals surface area contributed by atoms with Crippen molar-refractivity contribution in [2.75, 3.05) is 58.0 Å². The van der Waals surface area contributed by atoms with E-state index in [1.54, 1.807) is 4.90 Å². The fraction of sp³-hybridized carbons (Fsp3) is 0.933. The van der Waals surface area contributed by atoms with Crippen LogP contribution in [0, 0.1) is 11.8 Å². The molecule has 0 saturated carbocycles. The number of ether oxygens (including phenoxy) is 1. The lowest BCUT2D eigenvalue weighted by molar-refractivity contribution is -0.137. The summed E-state index contributed by atoms with van der Waals surface area (Å²) < 4.78 is 28.0. The normalized spacial score (nSPS) is 31.4. The van der Waals surface area contributed by atoms with E-state index in [4.69, 9.17) is 4.74 Å². The highest BCUT2D eigenvalue weighted by atomic mass is 32.2. The molecular weight excluding hydrogens is 320 g/mol. The summed E-state index contributed by atoms with van der Waals surface area (Å²) in [4.78, 5) is 16.1. The summed E-state index contributed by atoms with van der Waals surface area (Å²) in [6.45, 7) is 4.51. The highest BCUT2D eigenvalue weighted by Crippen LogP contribution is 2.33. The van der Waals surface area contributed by atoms with Crippen molar-refractivity contribution in [1.29, 1.82) is 0 Å². The van der Waals surface area contributed by atoms with Crippen molar-refractivity contribution in [1.82, 2.24) is 9.80 Å². The maximum absolute atomic E-state index is 12.2. The topological polar surface area (TPSA) is 87.2 Å². The molecule has 0 aliphatic carbocycles. The number of nitrogens with zero attached hydrogens (tertiary/aromatic N) is 2. The Bertz CT molecular complexity index is 496. The zero-order chi connectivity index (χ0) is 17.0. The predicted molar refractivity (Wildman–Crippen MR) is 86.8 cm³/mol. The molecule has 2 aliphatic rings. The van der Waals surface area contributed by atoms with E-state index >= 15 is 0 Å². The average Bonchev–Trinajstić information content (AvgIpc) is 2.87. The van der Waals surface area contributed by atoms with Gasteiger partial charge in [-0.25, -0.2) is 8.42 Å². The largest absolute Gasteiger partial charge is 0.394 e. The quantitative estimate of drug-likeness (QED) is 0.677. The number of hydrogen-bond donors (Lipinski definition) is 1. The first-order valence-electron chi connectivity index (χ1n) is 8.23. The van der Waals surface area contributed by atoms with Crippen LogP contribution in [-0.2, 0) is 19.4 Å². The van der Waals surface area contributed by atoms with Crippen molar-refractivity contribution < 1.29 is 23.1 Å². The van der Waals surface area contributed by atoms with Crippen molar-refractivity contribution in [2.45, 2.75) is 19.4 Å². The van der Waals surface area contributed by atoms with Crippen molar-refractivity contribution >= 4 is 15.7 Å². The number of hydrogen-bond acceptors (Lipinski definition) is 6. The second-order valence-electron chi connectivity index (χ2n) is 6.51. The van der Waals surface area contributed by atoms with Gasteiger partial charge in [0.2, 0.25) is 5.91 Å². The highest BCUT2D eigenvalue weighted by molar-refractivity contribution is 7.91. The van der Waals surface area contributed by atoms with Crippen LogP contribution in [-0.4, -0.2) is 93.3 Å². The van der Waals surface area contributed by atoms with Gasteiger partial charge in [-0.1, -0.05) is 13.3 Å². The van der Waals surface area contributed by atoms with Crippen LogP contribution in [0.5, 0.6) is 0 Å². The molecule has 0 radical (unpaired) electrons. The Morgan fingerprint density at radius 1 is 1.30 bits per heavy atom. The minimum Gasteiger partial charge on any atom is -0.394 e. The third kappa shape index (κ3) is 4.43. The fourth-order valence-corrected chi connectivity index (χ4v) is 5.01. The van der Waals surface area contributed by atoms with Crippen molar-refractivity contribution in [2.24, 2.45) is 11.8 Å². The molecule has 0 bridgehead atoms. The van der Waals surface area contributed by atoms with Crippen molar-refractivity contribution in [3.05, 3.63) is 0 Å². The second kappa shape index (κ2) is 7.92. The van der Waals surface area contributed by atoms with Crippen molar-refractivity contribution in [3.8, 4) is 0 Å². The van der Waals surface area contributed by atoms with Gasteiger partial charge in [-0.05, 0) is 11.8 Å². The number of aliphatic hydroxyl groups is 1. The number of rotatable bonds is 6. The Labute approximate surface area is 138 Å². The molecule has 0 spiro atoms. The molecule has 1 amide bonds. The average molecular weight is 348 g/mol. The number of aliphatic hydroxyl groups excluding tert-OH is 1. The summed E-state index contributed by atoms with van der Waals surface area (Å²) in [5.41, 5.74) is 0. The Kier molecular flexibility index (Phi) is 6.41. The summed E-state index contributed by atoms with van der Waals surface area (Å²) >= 11 is 0. The SMILES string of the molecule is CC[C@@H]1CN(C(=O)COC)[C@H](CO)[C@@H]1CN1CCS(=O)(=O)CC1. The fourth-order valence-electron chi connectivity index (χ4n) is 3.73. The summed E-state index contributed by atoms with van der Waals surface area (Å²) in [6.07, 6.45) is 0.935. The Morgan fingerprint density at radius 2 is 1.96 bits per heavy atom. The maximum atomic E-state index is 12.2. The van der Waals surface area contributed by atoms with Crippen LogP contribution in [0.2, 0.25) is 0 Å². The van der Waals surface area contributed by atoms with Crippen LogP contribution in [0.4, 0.5) is 0 Å². The number of likely N-dealkylation sites (tertiary alicyclic amines) is 1. The van der Waals surface area contributed by atoms with E-state index in [9.17, 15) is 18.3 Å². The van der Waals surface area contributed by atoms with Crippen LogP contribution >= 0.6 is 0 Å². The smallest absolute Gasteiger partial charge is 0.248 e. The number of methoxy groups -OCH3 is 1. The van der Waals surface area contributed by atoms with Gasteiger partial charge in [0.05, 0.1) is 24.2 Å². The molecule has 1 N–H and O–H groups in total. The Hall–Kier alpha value is -0.700. The van der Waals surface area contributed by atoms with Gasteiger partial charge in [-0.3, -0.25) is 4.79 Å². The van der Waals surface area contributed by atoms with Crippen LogP contribution in [0.25, 0.3) is 0 Å². The minimum atomic E-state index is -2.89.